The van der Waals surface area contributed by atoms with Crippen LogP contribution in [0, 0.1) is 26.7 Å². The number of rotatable bonds is 4. The zero-order valence-corrected chi connectivity index (χ0v) is 18.2. The fourth-order valence-corrected chi connectivity index (χ4v) is 4.46. The van der Waals surface area contributed by atoms with Crippen LogP contribution in [0.4, 0.5) is 5.82 Å². The van der Waals surface area contributed by atoms with E-state index in [0.29, 0.717) is 0 Å². The fourth-order valence-electron chi connectivity index (χ4n) is 4.46. The van der Waals surface area contributed by atoms with Gasteiger partial charge < -0.3 is 4.90 Å². The molecule has 1 aliphatic heterocycles. The molecule has 1 aliphatic carbocycles. The highest BCUT2D eigenvalue weighted by Crippen LogP contribution is 2.32. The average Bonchev–Trinajstić information content (AvgIpc) is 3.33. The summed E-state index contributed by atoms with van der Waals surface area (Å²) in [5.74, 6) is 2.62. The van der Waals surface area contributed by atoms with E-state index >= 15 is 0 Å². The second-order valence-corrected chi connectivity index (χ2v) is 8.95. The summed E-state index contributed by atoms with van der Waals surface area (Å²) in [5, 5.41) is 17.9. The first-order chi connectivity index (χ1) is 15.1. The summed E-state index contributed by atoms with van der Waals surface area (Å²) in [6.07, 6.45) is 9.69. The van der Waals surface area contributed by atoms with Gasteiger partial charge in [0, 0.05) is 66.4 Å². The van der Waals surface area contributed by atoms with Crippen molar-refractivity contribution in [1.29, 1.82) is 0 Å². The Hall–Kier alpha value is -3.29. The molecule has 1 fully saturated rings. The van der Waals surface area contributed by atoms with E-state index in [-0.39, 0.29) is 0 Å². The SMILES string of the molecule is Cc1c(N2CCc3ncc(-c4cnn(CC5CC5)c4)cc3C2)nn2c(C)nnc2c1C. The first-order valence-corrected chi connectivity index (χ1v) is 11.0. The maximum absolute atomic E-state index is 4.89. The number of anilines is 1. The highest BCUT2D eigenvalue weighted by atomic mass is 15.4. The Kier molecular flexibility index (Phi) is 4.09. The molecule has 8 heteroatoms. The van der Waals surface area contributed by atoms with Gasteiger partial charge in [-0.1, -0.05) is 0 Å². The third-order valence-corrected chi connectivity index (χ3v) is 6.67. The molecule has 0 amide bonds. The van der Waals surface area contributed by atoms with Gasteiger partial charge in [0.25, 0.3) is 0 Å². The van der Waals surface area contributed by atoms with E-state index in [9.17, 15) is 0 Å². The summed E-state index contributed by atoms with van der Waals surface area (Å²) in [7, 11) is 0. The molecule has 8 nitrogen and oxygen atoms in total. The van der Waals surface area contributed by atoms with Crippen molar-refractivity contribution >= 4 is 11.5 Å². The molecule has 0 bridgehead atoms. The lowest BCUT2D eigenvalue weighted by molar-refractivity contribution is 0.563. The Morgan fingerprint density at radius 2 is 1.90 bits per heavy atom. The minimum Gasteiger partial charge on any atom is -0.350 e. The van der Waals surface area contributed by atoms with Crippen LogP contribution in [0.1, 0.15) is 41.1 Å². The molecule has 0 spiro atoms. The Balaban J connectivity index is 1.32. The van der Waals surface area contributed by atoms with Crippen molar-refractivity contribution in [3.8, 4) is 11.1 Å². The van der Waals surface area contributed by atoms with Crippen molar-refractivity contribution in [2.75, 3.05) is 11.4 Å². The van der Waals surface area contributed by atoms with Gasteiger partial charge in [-0.3, -0.25) is 9.67 Å². The first kappa shape index (κ1) is 18.5. The van der Waals surface area contributed by atoms with Gasteiger partial charge in [-0.25, -0.2) is 0 Å². The smallest absolute Gasteiger partial charge is 0.181 e. The molecule has 4 aromatic heterocycles. The molecule has 0 unspecified atom stereocenters. The number of aromatic nitrogens is 7. The first-order valence-electron chi connectivity index (χ1n) is 11.0. The molecule has 5 heterocycles. The van der Waals surface area contributed by atoms with Crippen molar-refractivity contribution < 1.29 is 0 Å². The Labute approximate surface area is 180 Å². The van der Waals surface area contributed by atoms with E-state index in [1.165, 1.54) is 24.1 Å². The van der Waals surface area contributed by atoms with Crippen LogP contribution in [0.5, 0.6) is 0 Å². The van der Waals surface area contributed by atoms with Crippen molar-refractivity contribution in [3.63, 3.8) is 0 Å². The highest BCUT2D eigenvalue weighted by molar-refractivity contribution is 5.63. The van der Waals surface area contributed by atoms with Crippen LogP contribution in [0.15, 0.2) is 24.7 Å². The summed E-state index contributed by atoms with van der Waals surface area (Å²) >= 11 is 0. The number of pyridine rings is 1. The molecule has 0 N–H and O–H groups in total. The highest BCUT2D eigenvalue weighted by Gasteiger charge is 2.24. The number of hydrogen-bond donors (Lipinski definition) is 0. The van der Waals surface area contributed by atoms with Gasteiger partial charge in [0.05, 0.1) is 6.20 Å². The van der Waals surface area contributed by atoms with Gasteiger partial charge >= 0.3 is 0 Å². The lowest BCUT2D eigenvalue weighted by Gasteiger charge is -2.30. The van der Waals surface area contributed by atoms with E-state index in [1.54, 1.807) is 0 Å². The summed E-state index contributed by atoms with van der Waals surface area (Å²) < 4.78 is 3.93. The van der Waals surface area contributed by atoms with E-state index in [0.717, 1.165) is 71.5 Å². The molecule has 0 radical (unpaired) electrons. The van der Waals surface area contributed by atoms with Gasteiger partial charge in [0.2, 0.25) is 0 Å². The topological polar surface area (TPSA) is 77.0 Å². The molecule has 1 saturated carbocycles. The van der Waals surface area contributed by atoms with Gasteiger partial charge in [-0.2, -0.15) is 9.61 Å². The van der Waals surface area contributed by atoms with Crippen LogP contribution in [0.2, 0.25) is 0 Å². The zero-order chi connectivity index (χ0) is 21.1. The average molecular weight is 415 g/mol. The van der Waals surface area contributed by atoms with E-state index in [1.807, 2.05) is 23.8 Å². The Morgan fingerprint density at radius 3 is 2.74 bits per heavy atom. The minimum atomic E-state index is 0.798. The molecular formula is C23H26N8. The Morgan fingerprint density at radius 1 is 1.03 bits per heavy atom. The van der Waals surface area contributed by atoms with Gasteiger partial charge in [-0.05, 0) is 51.2 Å². The van der Waals surface area contributed by atoms with E-state index < -0.39 is 0 Å². The molecule has 6 rings (SSSR count). The van der Waals surface area contributed by atoms with Crippen LogP contribution in [0.25, 0.3) is 16.8 Å². The molecule has 0 aromatic carbocycles. The normalized spacial score (nSPS) is 16.2. The molecule has 31 heavy (non-hydrogen) atoms. The van der Waals surface area contributed by atoms with Crippen LogP contribution >= 0.6 is 0 Å². The molecule has 0 saturated heterocycles. The van der Waals surface area contributed by atoms with Crippen molar-refractivity contribution in [3.05, 3.63) is 52.9 Å². The summed E-state index contributed by atoms with van der Waals surface area (Å²) in [6, 6.07) is 2.28. The molecule has 0 atom stereocenters. The van der Waals surface area contributed by atoms with Crippen molar-refractivity contribution in [2.45, 2.75) is 53.1 Å². The fraction of sp³-hybridized carbons (Fsp3) is 0.435. The lowest BCUT2D eigenvalue weighted by Crippen LogP contribution is -2.33. The second-order valence-electron chi connectivity index (χ2n) is 8.95. The number of aryl methyl sites for hydroxylation is 2. The van der Waals surface area contributed by atoms with Crippen LogP contribution in [-0.4, -0.2) is 41.1 Å². The maximum atomic E-state index is 4.89. The van der Waals surface area contributed by atoms with Gasteiger partial charge in [0.15, 0.2) is 17.3 Å². The molecule has 4 aromatic rings. The van der Waals surface area contributed by atoms with Crippen LogP contribution < -0.4 is 4.90 Å². The van der Waals surface area contributed by atoms with E-state index in [4.69, 9.17) is 10.1 Å². The molecular weight excluding hydrogens is 388 g/mol. The van der Waals surface area contributed by atoms with Crippen molar-refractivity contribution in [1.82, 2.24) is 34.6 Å². The largest absolute Gasteiger partial charge is 0.350 e. The minimum absolute atomic E-state index is 0.798. The molecule has 2 aliphatic rings. The predicted molar refractivity (Wildman–Crippen MR) is 118 cm³/mol. The van der Waals surface area contributed by atoms with Crippen molar-refractivity contribution in [2.24, 2.45) is 5.92 Å². The second kappa shape index (κ2) is 6.87. The third kappa shape index (κ3) is 3.17. The van der Waals surface area contributed by atoms with Gasteiger partial charge in [-0.15, -0.1) is 15.3 Å². The Bertz CT molecular complexity index is 1300. The number of nitrogens with zero attached hydrogens (tertiary/aromatic N) is 8. The number of fused-ring (bicyclic) bond motifs is 2. The lowest BCUT2D eigenvalue weighted by atomic mass is 10.0. The van der Waals surface area contributed by atoms with Gasteiger partial charge in [0.1, 0.15) is 0 Å². The quantitative estimate of drug-likeness (QED) is 0.510. The summed E-state index contributed by atoms with van der Waals surface area (Å²) in [4.78, 5) is 7.15. The maximum Gasteiger partial charge on any atom is 0.181 e. The standard InChI is InChI=1S/C23H26N8/c1-14-15(2)23(28-31-16(3)26-27-22(14)31)29-7-6-21-19(12-29)8-18(9-24-21)20-10-25-30(13-20)11-17-4-5-17/h8-10,13,17H,4-7,11-12H2,1-3H3. The zero-order valence-electron chi connectivity index (χ0n) is 18.2. The van der Waals surface area contributed by atoms with E-state index in [2.05, 4.69) is 51.0 Å². The molecule has 158 valence electrons. The summed E-state index contributed by atoms with van der Waals surface area (Å²) in [5.41, 5.74) is 7.84. The number of hydrogen-bond acceptors (Lipinski definition) is 6. The monoisotopic (exact) mass is 414 g/mol. The summed E-state index contributed by atoms with van der Waals surface area (Å²) in [6.45, 7) is 8.89. The third-order valence-electron chi connectivity index (χ3n) is 6.67. The van der Waals surface area contributed by atoms with Crippen LogP contribution in [0.3, 0.4) is 0 Å². The van der Waals surface area contributed by atoms with Crippen LogP contribution in [-0.2, 0) is 19.5 Å². The predicted octanol–water partition coefficient (Wildman–Crippen LogP) is 3.28.